The zero-order valence-electron chi connectivity index (χ0n) is 31.0. The van der Waals surface area contributed by atoms with E-state index in [9.17, 15) is 0 Å². The third-order valence-electron chi connectivity index (χ3n) is 11.1. The Hall–Kier alpha value is -6.59. The largest absolute Gasteiger partial charge is 0.368 e. The molecule has 0 radical (unpaired) electrons. The number of nitrogens with zero attached hydrogens (tertiary/aromatic N) is 1. The van der Waals surface area contributed by atoms with Crippen molar-refractivity contribution in [2.45, 2.75) is 10.3 Å². The molecule has 0 amide bonds. The fourth-order valence-corrected chi connectivity index (χ4v) is 10.6. The minimum atomic E-state index is 0.217. The fraction of sp³-hybridized carbons (Fsp3) is 0.0189. The molecule has 0 aliphatic carbocycles. The Labute approximate surface area is 340 Å². The van der Waals surface area contributed by atoms with E-state index >= 15 is 0 Å². The standard InChI is InChI=1S/C53H36N2S2/c1-4-13-35(14-5-1)39-19-12-20-41(31-39)55(40-25-23-37(24-26-40)44-29-28-43(36-15-6-2-7-16-36)45-21-10-11-22-46(44)45)42-27-30-50-47(32-42)48-33-52-49(34-51(48)56-50)54-53(57-52)38-17-8-3-9-18-38/h1-34,53-54H. The van der Waals surface area contributed by atoms with Crippen molar-refractivity contribution < 1.29 is 0 Å². The Morgan fingerprint density at radius 2 is 0.965 bits per heavy atom. The molecule has 0 saturated carbocycles. The summed E-state index contributed by atoms with van der Waals surface area (Å²) >= 11 is 3.77. The van der Waals surface area contributed by atoms with Crippen molar-refractivity contribution in [1.82, 2.24) is 0 Å². The van der Waals surface area contributed by atoms with E-state index < -0.39 is 0 Å². The van der Waals surface area contributed by atoms with Gasteiger partial charge in [0.15, 0.2) is 0 Å². The smallest absolute Gasteiger partial charge is 0.103 e. The van der Waals surface area contributed by atoms with Crippen molar-refractivity contribution in [3.8, 4) is 33.4 Å². The molecule has 0 spiro atoms. The molecule has 10 aromatic rings. The summed E-state index contributed by atoms with van der Waals surface area (Å²) in [5, 5.41) is 9.09. The Bertz CT molecular complexity index is 3070. The first-order valence-electron chi connectivity index (χ1n) is 19.4. The maximum atomic E-state index is 3.78. The Morgan fingerprint density at radius 3 is 1.68 bits per heavy atom. The third kappa shape index (κ3) is 6.15. The number of rotatable bonds is 7. The molecule has 1 unspecified atom stereocenters. The first-order chi connectivity index (χ1) is 28.2. The molecule has 0 bridgehead atoms. The number of thioether (sulfide) groups is 1. The lowest BCUT2D eigenvalue weighted by Crippen LogP contribution is -2.10. The number of hydrogen-bond acceptors (Lipinski definition) is 4. The summed E-state index contributed by atoms with van der Waals surface area (Å²) in [5.74, 6) is 0. The topological polar surface area (TPSA) is 15.3 Å². The van der Waals surface area contributed by atoms with Gasteiger partial charge in [-0.15, -0.1) is 11.3 Å². The molecule has 1 aliphatic rings. The highest BCUT2D eigenvalue weighted by atomic mass is 32.2. The van der Waals surface area contributed by atoms with Crippen molar-refractivity contribution in [2.75, 3.05) is 10.2 Å². The van der Waals surface area contributed by atoms with Gasteiger partial charge in [0.2, 0.25) is 0 Å². The lowest BCUT2D eigenvalue weighted by atomic mass is 9.92. The van der Waals surface area contributed by atoms with Gasteiger partial charge < -0.3 is 10.2 Å². The lowest BCUT2D eigenvalue weighted by Gasteiger charge is -2.26. The quantitative estimate of drug-likeness (QED) is 0.174. The van der Waals surface area contributed by atoms with Crippen molar-refractivity contribution in [2.24, 2.45) is 0 Å². The highest BCUT2D eigenvalue weighted by Gasteiger charge is 2.25. The minimum absolute atomic E-state index is 0.217. The van der Waals surface area contributed by atoms with Gasteiger partial charge in [-0.25, -0.2) is 0 Å². The van der Waals surface area contributed by atoms with Crippen molar-refractivity contribution in [3.63, 3.8) is 0 Å². The SMILES string of the molecule is c1ccc(-c2cccc(N(c3ccc(-c4ccc(-c5ccccc5)c5ccccc45)cc3)c3ccc4sc5cc6c(cc5c4c3)SC(c3ccccc3)N6)c2)cc1. The van der Waals surface area contributed by atoms with Crippen LogP contribution in [0.2, 0.25) is 0 Å². The van der Waals surface area contributed by atoms with Crippen LogP contribution in [-0.4, -0.2) is 0 Å². The molecular formula is C53H36N2S2. The number of hydrogen-bond donors (Lipinski definition) is 1. The van der Waals surface area contributed by atoms with Crippen LogP contribution in [0.15, 0.2) is 211 Å². The normalized spacial score (nSPS) is 13.5. The predicted octanol–water partition coefficient (Wildman–Crippen LogP) is 15.9. The highest BCUT2D eigenvalue weighted by molar-refractivity contribution is 8.00. The van der Waals surface area contributed by atoms with Gasteiger partial charge >= 0.3 is 0 Å². The summed E-state index contributed by atoms with van der Waals surface area (Å²) in [6.07, 6.45) is 0. The summed E-state index contributed by atoms with van der Waals surface area (Å²) in [4.78, 5) is 3.71. The van der Waals surface area contributed by atoms with Gasteiger partial charge in [0.1, 0.15) is 5.37 Å². The third-order valence-corrected chi connectivity index (χ3v) is 13.5. The molecule has 1 atom stereocenters. The number of thiophene rings is 1. The maximum Gasteiger partial charge on any atom is 0.103 e. The molecule has 57 heavy (non-hydrogen) atoms. The molecule has 0 fully saturated rings. The van der Waals surface area contributed by atoms with Gasteiger partial charge in [-0.2, -0.15) is 0 Å². The van der Waals surface area contributed by atoms with Crippen LogP contribution in [0, 0.1) is 0 Å². The Balaban J connectivity index is 1.02. The van der Waals surface area contributed by atoms with Gasteiger partial charge in [0, 0.05) is 42.1 Å². The van der Waals surface area contributed by atoms with Crippen LogP contribution in [0.1, 0.15) is 10.9 Å². The van der Waals surface area contributed by atoms with E-state index in [1.54, 1.807) is 0 Å². The zero-order chi connectivity index (χ0) is 37.7. The van der Waals surface area contributed by atoms with Gasteiger partial charge in [0.05, 0.1) is 5.69 Å². The molecule has 11 rings (SSSR count). The molecular weight excluding hydrogens is 729 g/mol. The van der Waals surface area contributed by atoms with E-state index in [0.29, 0.717) is 0 Å². The van der Waals surface area contributed by atoms with Crippen LogP contribution in [0.4, 0.5) is 22.7 Å². The molecule has 4 heteroatoms. The summed E-state index contributed by atoms with van der Waals surface area (Å²) in [6.45, 7) is 0. The van der Waals surface area contributed by atoms with Gasteiger partial charge in [-0.3, -0.25) is 0 Å². The van der Waals surface area contributed by atoms with Crippen molar-refractivity contribution >= 4 is 76.8 Å². The second kappa shape index (κ2) is 14.2. The zero-order valence-corrected chi connectivity index (χ0v) is 32.6. The minimum Gasteiger partial charge on any atom is -0.368 e. The van der Waals surface area contributed by atoms with Gasteiger partial charge in [-0.1, -0.05) is 163 Å². The molecule has 1 aliphatic heterocycles. The molecule has 2 nitrogen and oxygen atoms in total. The van der Waals surface area contributed by atoms with Crippen LogP contribution < -0.4 is 10.2 Å². The monoisotopic (exact) mass is 764 g/mol. The number of benzene rings is 9. The average Bonchev–Trinajstić information content (AvgIpc) is 3.87. The Kier molecular flexibility index (Phi) is 8.38. The van der Waals surface area contributed by atoms with Gasteiger partial charge in [0.25, 0.3) is 0 Å². The fourth-order valence-electron chi connectivity index (χ4n) is 8.33. The van der Waals surface area contributed by atoms with E-state index in [1.165, 1.54) is 80.5 Å². The second-order valence-electron chi connectivity index (χ2n) is 14.6. The van der Waals surface area contributed by atoms with Crippen molar-refractivity contribution in [1.29, 1.82) is 0 Å². The summed E-state index contributed by atoms with van der Waals surface area (Å²) < 4.78 is 2.59. The van der Waals surface area contributed by atoms with Gasteiger partial charge in [-0.05, 0) is 104 Å². The molecule has 1 aromatic heterocycles. The van der Waals surface area contributed by atoms with Crippen LogP contribution in [0.5, 0.6) is 0 Å². The average molecular weight is 765 g/mol. The van der Waals surface area contributed by atoms with Crippen LogP contribution in [-0.2, 0) is 0 Å². The van der Waals surface area contributed by atoms with Crippen LogP contribution in [0.25, 0.3) is 64.3 Å². The maximum absolute atomic E-state index is 3.78. The lowest BCUT2D eigenvalue weighted by molar-refractivity contribution is 1.14. The summed E-state index contributed by atoms with van der Waals surface area (Å²) in [5.41, 5.74) is 13.2. The first-order valence-corrected chi connectivity index (χ1v) is 21.0. The molecule has 0 saturated heterocycles. The van der Waals surface area contributed by atoms with E-state index in [2.05, 4.69) is 216 Å². The number of nitrogens with one attached hydrogen (secondary N) is 1. The second-order valence-corrected chi connectivity index (χ2v) is 16.8. The van der Waals surface area contributed by atoms with E-state index in [4.69, 9.17) is 0 Å². The number of anilines is 4. The highest BCUT2D eigenvalue weighted by Crippen LogP contribution is 2.51. The predicted molar refractivity (Wildman–Crippen MR) is 246 cm³/mol. The molecule has 2 heterocycles. The molecule has 1 N–H and O–H groups in total. The van der Waals surface area contributed by atoms with Crippen LogP contribution >= 0.6 is 23.1 Å². The Morgan fingerprint density at radius 1 is 0.386 bits per heavy atom. The molecule has 9 aromatic carbocycles. The molecule has 270 valence electrons. The first kappa shape index (κ1) is 33.7. The summed E-state index contributed by atoms with van der Waals surface area (Å²) in [6, 6.07) is 75.2. The van der Waals surface area contributed by atoms with E-state index in [-0.39, 0.29) is 5.37 Å². The summed E-state index contributed by atoms with van der Waals surface area (Å²) in [7, 11) is 0. The number of fused-ring (bicyclic) bond motifs is 5. The van der Waals surface area contributed by atoms with Crippen molar-refractivity contribution in [3.05, 3.63) is 212 Å². The van der Waals surface area contributed by atoms with E-state index in [1.807, 2.05) is 23.1 Å². The van der Waals surface area contributed by atoms with Crippen LogP contribution in [0.3, 0.4) is 0 Å². The van der Waals surface area contributed by atoms with E-state index in [0.717, 1.165) is 17.1 Å².